The van der Waals surface area contributed by atoms with E-state index in [1.165, 1.54) is 24.3 Å². The number of halogens is 1. The first-order chi connectivity index (χ1) is 7.25. The maximum Gasteiger partial charge on any atom is 0.165 e. The molecule has 1 heterocycles. The van der Waals surface area contributed by atoms with Crippen molar-refractivity contribution in [3.05, 3.63) is 35.6 Å². The standard InChI is InChI=1S/C12H13FO2/c13-10-5-3-9(4-6-10)12(14)8-11-2-1-7-15-11/h3-6,11H,1-2,7-8H2/t11-/m0/s1. The Morgan fingerprint density at radius 1 is 1.40 bits per heavy atom. The van der Waals surface area contributed by atoms with Crippen LogP contribution in [0.25, 0.3) is 0 Å². The fourth-order valence-electron chi connectivity index (χ4n) is 1.77. The van der Waals surface area contributed by atoms with Crippen molar-refractivity contribution in [3.8, 4) is 0 Å². The van der Waals surface area contributed by atoms with Crippen molar-refractivity contribution in [3.63, 3.8) is 0 Å². The molecule has 1 aromatic carbocycles. The Hall–Kier alpha value is -1.22. The average Bonchev–Trinajstić information content (AvgIpc) is 2.71. The second-order valence-electron chi connectivity index (χ2n) is 3.77. The van der Waals surface area contributed by atoms with Gasteiger partial charge >= 0.3 is 0 Å². The van der Waals surface area contributed by atoms with Gasteiger partial charge in [-0.05, 0) is 37.1 Å². The molecule has 1 fully saturated rings. The number of ether oxygens (including phenoxy) is 1. The Bertz CT molecular complexity index is 339. The summed E-state index contributed by atoms with van der Waals surface area (Å²) in [6.45, 7) is 0.751. The van der Waals surface area contributed by atoms with E-state index >= 15 is 0 Å². The van der Waals surface area contributed by atoms with E-state index in [4.69, 9.17) is 4.74 Å². The summed E-state index contributed by atoms with van der Waals surface area (Å²) < 4.78 is 18.0. The maximum atomic E-state index is 12.6. The Labute approximate surface area is 88.1 Å². The molecule has 0 spiro atoms. The average molecular weight is 208 g/mol. The molecule has 1 saturated heterocycles. The van der Waals surface area contributed by atoms with Gasteiger partial charge in [-0.3, -0.25) is 4.79 Å². The third-order valence-electron chi connectivity index (χ3n) is 2.60. The molecule has 2 nitrogen and oxygen atoms in total. The highest BCUT2D eigenvalue weighted by Gasteiger charge is 2.19. The molecule has 0 N–H and O–H groups in total. The molecule has 1 aliphatic rings. The molecule has 0 saturated carbocycles. The van der Waals surface area contributed by atoms with Crippen LogP contribution in [-0.2, 0) is 4.74 Å². The number of hydrogen-bond acceptors (Lipinski definition) is 2. The van der Waals surface area contributed by atoms with Crippen molar-refractivity contribution in [2.75, 3.05) is 6.61 Å². The number of carbonyl (C=O) groups is 1. The zero-order valence-corrected chi connectivity index (χ0v) is 8.41. The normalized spacial score (nSPS) is 20.5. The lowest BCUT2D eigenvalue weighted by atomic mass is 10.0. The summed E-state index contributed by atoms with van der Waals surface area (Å²) in [7, 11) is 0. The van der Waals surface area contributed by atoms with E-state index in [1.54, 1.807) is 0 Å². The summed E-state index contributed by atoms with van der Waals surface area (Å²) in [6.07, 6.45) is 2.45. The first-order valence-corrected chi connectivity index (χ1v) is 5.16. The highest BCUT2D eigenvalue weighted by atomic mass is 19.1. The van der Waals surface area contributed by atoms with E-state index in [1.807, 2.05) is 0 Å². The van der Waals surface area contributed by atoms with Crippen LogP contribution in [0.5, 0.6) is 0 Å². The minimum absolute atomic E-state index is 0.0295. The van der Waals surface area contributed by atoms with Gasteiger partial charge < -0.3 is 4.74 Å². The van der Waals surface area contributed by atoms with Crippen molar-refractivity contribution >= 4 is 5.78 Å². The predicted molar refractivity (Wildman–Crippen MR) is 54.3 cm³/mol. The Morgan fingerprint density at radius 2 is 2.13 bits per heavy atom. The van der Waals surface area contributed by atoms with Crippen LogP contribution in [-0.4, -0.2) is 18.5 Å². The second kappa shape index (κ2) is 4.53. The fraction of sp³-hybridized carbons (Fsp3) is 0.417. The first kappa shape index (κ1) is 10.3. The van der Waals surface area contributed by atoms with Crippen molar-refractivity contribution < 1.29 is 13.9 Å². The maximum absolute atomic E-state index is 12.6. The van der Waals surface area contributed by atoms with E-state index in [2.05, 4.69) is 0 Å². The van der Waals surface area contributed by atoms with Crippen molar-refractivity contribution in [2.45, 2.75) is 25.4 Å². The number of hydrogen-bond donors (Lipinski definition) is 0. The lowest BCUT2D eigenvalue weighted by Crippen LogP contribution is -2.12. The molecule has 0 unspecified atom stereocenters. The molecule has 0 radical (unpaired) electrons. The lowest BCUT2D eigenvalue weighted by molar-refractivity contribution is 0.0775. The number of carbonyl (C=O) groups excluding carboxylic acids is 1. The molecule has 0 bridgehead atoms. The molecule has 3 heteroatoms. The Morgan fingerprint density at radius 3 is 2.73 bits per heavy atom. The van der Waals surface area contributed by atoms with Crippen LogP contribution in [0.4, 0.5) is 4.39 Å². The van der Waals surface area contributed by atoms with Gasteiger partial charge in [-0.2, -0.15) is 0 Å². The van der Waals surface area contributed by atoms with Gasteiger partial charge in [0, 0.05) is 18.6 Å². The predicted octanol–water partition coefficient (Wildman–Crippen LogP) is 2.58. The SMILES string of the molecule is O=C(C[C@@H]1CCCO1)c1ccc(F)cc1. The zero-order chi connectivity index (χ0) is 10.7. The third kappa shape index (κ3) is 2.63. The molecule has 1 aromatic rings. The zero-order valence-electron chi connectivity index (χ0n) is 8.41. The molecular formula is C12H13FO2. The summed E-state index contributed by atoms with van der Waals surface area (Å²) in [5.74, 6) is -0.287. The monoisotopic (exact) mass is 208 g/mol. The van der Waals surface area contributed by atoms with Crippen molar-refractivity contribution in [2.24, 2.45) is 0 Å². The fourth-order valence-corrected chi connectivity index (χ4v) is 1.77. The molecule has 1 atom stereocenters. The summed E-state index contributed by atoms with van der Waals surface area (Å²) in [5, 5.41) is 0. The van der Waals surface area contributed by atoms with Crippen LogP contribution in [0.2, 0.25) is 0 Å². The molecule has 0 aromatic heterocycles. The van der Waals surface area contributed by atoms with Gasteiger partial charge in [0.1, 0.15) is 5.82 Å². The van der Waals surface area contributed by atoms with Gasteiger partial charge in [-0.25, -0.2) is 4.39 Å². The van der Waals surface area contributed by atoms with Gasteiger partial charge in [-0.1, -0.05) is 0 Å². The summed E-state index contributed by atoms with van der Waals surface area (Å²) in [6, 6.07) is 5.66. The second-order valence-corrected chi connectivity index (χ2v) is 3.77. The van der Waals surface area contributed by atoms with E-state index in [9.17, 15) is 9.18 Å². The highest BCUT2D eigenvalue weighted by molar-refractivity contribution is 5.96. The van der Waals surface area contributed by atoms with Crippen LogP contribution in [0.3, 0.4) is 0 Å². The lowest BCUT2D eigenvalue weighted by Gasteiger charge is -2.07. The highest BCUT2D eigenvalue weighted by Crippen LogP contribution is 2.17. The van der Waals surface area contributed by atoms with Crippen LogP contribution in [0, 0.1) is 5.82 Å². The van der Waals surface area contributed by atoms with Gasteiger partial charge in [0.05, 0.1) is 6.10 Å². The molecular weight excluding hydrogens is 195 g/mol. The van der Waals surface area contributed by atoms with Crippen molar-refractivity contribution in [1.29, 1.82) is 0 Å². The minimum atomic E-state index is -0.316. The van der Waals surface area contributed by atoms with Crippen molar-refractivity contribution in [1.82, 2.24) is 0 Å². The number of benzene rings is 1. The van der Waals surface area contributed by atoms with E-state index in [-0.39, 0.29) is 17.7 Å². The van der Waals surface area contributed by atoms with Gasteiger partial charge in [0.15, 0.2) is 5.78 Å². The molecule has 0 amide bonds. The van der Waals surface area contributed by atoms with Gasteiger partial charge in [0.2, 0.25) is 0 Å². The summed E-state index contributed by atoms with van der Waals surface area (Å²) >= 11 is 0. The van der Waals surface area contributed by atoms with Crippen LogP contribution in [0.15, 0.2) is 24.3 Å². The molecule has 0 aliphatic carbocycles. The molecule has 15 heavy (non-hydrogen) atoms. The van der Waals surface area contributed by atoms with E-state index in [0.29, 0.717) is 12.0 Å². The number of Topliss-reactive ketones (excluding diaryl/α,β-unsaturated/α-hetero) is 1. The third-order valence-corrected chi connectivity index (χ3v) is 2.60. The quantitative estimate of drug-likeness (QED) is 0.713. The van der Waals surface area contributed by atoms with Crippen LogP contribution >= 0.6 is 0 Å². The Balaban J connectivity index is 1.98. The van der Waals surface area contributed by atoms with E-state index < -0.39 is 0 Å². The van der Waals surface area contributed by atoms with E-state index in [0.717, 1.165) is 19.4 Å². The molecule has 80 valence electrons. The number of rotatable bonds is 3. The van der Waals surface area contributed by atoms with Gasteiger partial charge in [-0.15, -0.1) is 0 Å². The van der Waals surface area contributed by atoms with Crippen LogP contribution < -0.4 is 0 Å². The minimum Gasteiger partial charge on any atom is -0.378 e. The summed E-state index contributed by atoms with van der Waals surface area (Å²) in [4.78, 5) is 11.7. The molecule has 1 aliphatic heterocycles. The molecule has 2 rings (SSSR count). The topological polar surface area (TPSA) is 26.3 Å². The first-order valence-electron chi connectivity index (χ1n) is 5.16. The Kier molecular flexibility index (Phi) is 3.11. The smallest absolute Gasteiger partial charge is 0.165 e. The largest absolute Gasteiger partial charge is 0.378 e. The number of ketones is 1. The van der Waals surface area contributed by atoms with Gasteiger partial charge in [0.25, 0.3) is 0 Å². The van der Waals surface area contributed by atoms with Crippen LogP contribution in [0.1, 0.15) is 29.6 Å². The summed E-state index contributed by atoms with van der Waals surface area (Å²) in [5.41, 5.74) is 0.562.